The lowest BCUT2D eigenvalue weighted by Crippen LogP contribution is -2.50. The van der Waals surface area contributed by atoms with Gasteiger partial charge < -0.3 is 10.5 Å². The Hall–Kier alpha value is -2.44. The maximum atomic E-state index is 13.4. The number of sulfonamides is 1. The maximum absolute atomic E-state index is 13.4. The van der Waals surface area contributed by atoms with E-state index in [-0.39, 0.29) is 18.0 Å². The van der Waals surface area contributed by atoms with Crippen LogP contribution in [0.2, 0.25) is 5.02 Å². The average molecular weight is 450 g/mol. The highest BCUT2D eigenvalue weighted by Crippen LogP contribution is 2.24. The highest BCUT2D eigenvalue weighted by atomic mass is 35.5. The van der Waals surface area contributed by atoms with Crippen molar-refractivity contribution in [2.75, 3.05) is 6.61 Å². The Labute approximate surface area is 182 Å². The molecule has 2 aromatic carbocycles. The highest BCUT2D eigenvalue weighted by Gasteiger charge is 2.36. The number of benzene rings is 2. The third-order valence-corrected chi connectivity index (χ3v) is 6.31. The lowest BCUT2D eigenvalue weighted by atomic mass is 10.1. The zero-order chi connectivity index (χ0) is 22.5. The van der Waals surface area contributed by atoms with E-state index in [1.54, 1.807) is 45.0 Å². The van der Waals surface area contributed by atoms with Crippen molar-refractivity contribution < 1.29 is 17.9 Å². The number of carbonyl (C=O) groups is 1. The average Bonchev–Trinajstić information content (AvgIpc) is 2.67. The molecule has 2 aromatic rings. The van der Waals surface area contributed by atoms with Crippen LogP contribution in [0.5, 0.6) is 0 Å². The van der Waals surface area contributed by atoms with Gasteiger partial charge in [0.1, 0.15) is 6.04 Å². The van der Waals surface area contributed by atoms with Gasteiger partial charge in [-0.2, -0.15) is 9.57 Å². The monoisotopic (exact) mass is 449 g/mol. The first-order valence-corrected chi connectivity index (χ1v) is 11.0. The normalized spacial score (nSPS) is 13.1. The van der Waals surface area contributed by atoms with E-state index in [9.17, 15) is 13.2 Å². The van der Waals surface area contributed by atoms with Crippen molar-refractivity contribution in [1.82, 2.24) is 4.31 Å². The Bertz CT molecular complexity index is 1020. The number of nitrogens with two attached hydrogens (primary N) is 1. The molecule has 1 atom stereocenters. The molecule has 0 heterocycles. The van der Waals surface area contributed by atoms with Gasteiger partial charge in [0.05, 0.1) is 28.7 Å². The van der Waals surface area contributed by atoms with Gasteiger partial charge in [0, 0.05) is 11.6 Å². The predicted octanol–water partition coefficient (Wildman–Crippen LogP) is 3.07. The van der Waals surface area contributed by atoms with Gasteiger partial charge in [0.2, 0.25) is 15.9 Å². The van der Waals surface area contributed by atoms with Gasteiger partial charge >= 0.3 is 0 Å². The van der Waals surface area contributed by atoms with E-state index < -0.39 is 27.6 Å². The molecule has 0 aliphatic carbocycles. The maximum Gasteiger partial charge on any atom is 0.244 e. The summed E-state index contributed by atoms with van der Waals surface area (Å²) in [6.07, 6.45) is 0. The fourth-order valence-electron chi connectivity index (χ4n) is 2.61. The number of nitrogens with zero attached hydrogens (tertiary/aromatic N) is 2. The lowest BCUT2D eigenvalue weighted by Gasteiger charge is -2.31. The summed E-state index contributed by atoms with van der Waals surface area (Å²) in [5, 5.41) is 9.36. The second-order valence-electron chi connectivity index (χ2n) is 7.65. The van der Waals surface area contributed by atoms with Crippen LogP contribution in [0.4, 0.5) is 0 Å². The molecule has 0 aliphatic rings. The molecule has 0 unspecified atom stereocenters. The van der Waals surface area contributed by atoms with Crippen molar-refractivity contribution in [2.45, 2.75) is 43.9 Å². The number of rotatable bonds is 8. The van der Waals surface area contributed by atoms with E-state index in [4.69, 9.17) is 27.3 Å². The van der Waals surface area contributed by atoms with Crippen molar-refractivity contribution in [3.05, 3.63) is 64.7 Å². The van der Waals surface area contributed by atoms with E-state index in [0.29, 0.717) is 16.1 Å². The molecule has 1 amide bonds. The topological polar surface area (TPSA) is 113 Å². The summed E-state index contributed by atoms with van der Waals surface area (Å²) in [7, 11) is -4.11. The van der Waals surface area contributed by atoms with Gasteiger partial charge in [-0.05, 0) is 62.7 Å². The van der Waals surface area contributed by atoms with E-state index in [0.717, 1.165) is 4.31 Å². The second kappa shape index (κ2) is 9.58. The molecule has 0 aliphatic heterocycles. The minimum absolute atomic E-state index is 0.0254. The number of amides is 1. The van der Waals surface area contributed by atoms with Gasteiger partial charge in [-0.3, -0.25) is 4.79 Å². The highest BCUT2D eigenvalue weighted by molar-refractivity contribution is 7.89. The van der Waals surface area contributed by atoms with Crippen LogP contribution in [0.1, 0.15) is 31.9 Å². The fraction of sp³-hybridized carbons (Fsp3) is 0.333. The first-order valence-electron chi connectivity index (χ1n) is 9.14. The fourth-order valence-corrected chi connectivity index (χ4v) is 4.30. The van der Waals surface area contributed by atoms with E-state index in [2.05, 4.69) is 0 Å². The van der Waals surface area contributed by atoms with Crippen LogP contribution in [-0.4, -0.2) is 36.9 Å². The SMILES string of the molecule is CC(C)(C)OC[C@H](C(N)=O)N(Cc1ccc(C#N)cc1)S(=O)(=O)c1ccc(Cl)cc1. The molecular formula is C21H24ClN3O4S. The molecule has 0 aromatic heterocycles. The molecule has 0 spiro atoms. The smallest absolute Gasteiger partial charge is 0.244 e. The summed E-state index contributed by atoms with van der Waals surface area (Å²) in [4.78, 5) is 12.2. The van der Waals surface area contributed by atoms with Crippen molar-refractivity contribution in [3.8, 4) is 6.07 Å². The number of primary amides is 1. The molecule has 30 heavy (non-hydrogen) atoms. The zero-order valence-corrected chi connectivity index (χ0v) is 18.6. The molecule has 160 valence electrons. The van der Waals surface area contributed by atoms with Crippen LogP contribution >= 0.6 is 11.6 Å². The Morgan fingerprint density at radius 2 is 1.73 bits per heavy atom. The molecule has 7 nitrogen and oxygen atoms in total. The van der Waals surface area contributed by atoms with Crippen molar-refractivity contribution in [2.24, 2.45) is 5.73 Å². The third-order valence-electron chi connectivity index (χ3n) is 4.19. The second-order valence-corrected chi connectivity index (χ2v) is 9.98. The molecule has 0 bridgehead atoms. The summed E-state index contributed by atoms with van der Waals surface area (Å²) in [6, 6.07) is 12.8. The first kappa shape index (κ1) is 23.8. The van der Waals surface area contributed by atoms with Crippen LogP contribution in [0, 0.1) is 11.3 Å². The van der Waals surface area contributed by atoms with Crippen LogP contribution in [0.3, 0.4) is 0 Å². The molecule has 2 rings (SSSR count). The van der Waals surface area contributed by atoms with Gasteiger partial charge in [-0.1, -0.05) is 23.7 Å². The number of hydrogen-bond donors (Lipinski definition) is 1. The van der Waals surface area contributed by atoms with E-state index >= 15 is 0 Å². The number of hydrogen-bond acceptors (Lipinski definition) is 5. The predicted molar refractivity (Wildman–Crippen MR) is 114 cm³/mol. The summed E-state index contributed by atoms with van der Waals surface area (Å²) in [5.74, 6) is -0.828. The van der Waals surface area contributed by atoms with Crippen LogP contribution in [0.25, 0.3) is 0 Å². The van der Waals surface area contributed by atoms with Crippen molar-refractivity contribution in [1.29, 1.82) is 5.26 Å². The van der Waals surface area contributed by atoms with E-state index in [1.165, 1.54) is 24.3 Å². The van der Waals surface area contributed by atoms with Gasteiger partial charge in [0.15, 0.2) is 0 Å². The minimum Gasteiger partial charge on any atom is -0.374 e. The molecule has 0 saturated carbocycles. The molecule has 0 fully saturated rings. The quantitative estimate of drug-likeness (QED) is 0.665. The van der Waals surface area contributed by atoms with Crippen LogP contribution < -0.4 is 5.73 Å². The Morgan fingerprint density at radius 1 is 1.17 bits per heavy atom. The number of carbonyl (C=O) groups excluding carboxylic acids is 1. The Kier molecular flexibility index (Phi) is 7.61. The standard InChI is InChI=1S/C21H24ClN3O4S/c1-21(2,3)29-14-19(20(24)26)25(13-16-6-4-15(12-23)5-7-16)30(27,28)18-10-8-17(22)9-11-18/h4-11,19H,13-14H2,1-3H3,(H2,24,26)/t19-/m1/s1. The van der Waals surface area contributed by atoms with Crippen molar-refractivity contribution >= 4 is 27.5 Å². The molecule has 9 heteroatoms. The summed E-state index contributed by atoms with van der Waals surface area (Å²) in [5.41, 5.74) is 6.01. The minimum atomic E-state index is -4.11. The van der Waals surface area contributed by atoms with Crippen LogP contribution in [-0.2, 0) is 26.1 Å². The molecule has 2 N–H and O–H groups in total. The Morgan fingerprint density at radius 3 is 2.20 bits per heavy atom. The van der Waals surface area contributed by atoms with Gasteiger partial charge in [0.25, 0.3) is 0 Å². The first-order chi connectivity index (χ1) is 13.9. The zero-order valence-electron chi connectivity index (χ0n) is 17.0. The Balaban J connectivity index is 2.49. The molecule has 0 saturated heterocycles. The summed E-state index contributed by atoms with van der Waals surface area (Å²) < 4.78 is 33.5. The number of ether oxygens (including phenoxy) is 1. The summed E-state index contributed by atoms with van der Waals surface area (Å²) >= 11 is 5.88. The number of nitriles is 1. The van der Waals surface area contributed by atoms with Gasteiger partial charge in [-0.15, -0.1) is 0 Å². The number of halogens is 1. The third kappa shape index (κ3) is 6.28. The molecular weight excluding hydrogens is 426 g/mol. The van der Waals surface area contributed by atoms with Gasteiger partial charge in [-0.25, -0.2) is 8.42 Å². The lowest BCUT2D eigenvalue weighted by molar-refractivity contribution is -0.125. The van der Waals surface area contributed by atoms with Crippen molar-refractivity contribution in [3.63, 3.8) is 0 Å². The molecule has 0 radical (unpaired) electrons. The largest absolute Gasteiger partial charge is 0.374 e. The van der Waals surface area contributed by atoms with E-state index in [1.807, 2.05) is 6.07 Å². The van der Waals surface area contributed by atoms with Crippen LogP contribution in [0.15, 0.2) is 53.4 Å². The summed E-state index contributed by atoms with van der Waals surface area (Å²) in [6.45, 7) is 5.05.